The number of anilines is 1. The van der Waals surface area contributed by atoms with E-state index in [1.165, 1.54) is 6.20 Å². The van der Waals surface area contributed by atoms with Crippen LogP contribution in [0.5, 0.6) is 0 Å². The van der Waals surface area contributed by atoms with E-state index in [4.69, 9.17) is 0 Å². The zero-order valence-electron chi connectivity index (χ0n) is 14.8. The van der Waals surface area contributed by atoms with E-state index < -0.39 is 0 Å². The van der Waals surface area contributed by atoms with Gasteiger partial charge < -0.3 is 10.6 Å². The van der Waals surface area contributed by atoms with Crippen molar-refractivity contribution in [2.45, 2.75) is 26.3 Å². The topological polar surface area (TPSA) is 54.0 Å². The van der Waals surface area contributed by atoms with Crippen molar-refractivity contribution in [1.29, 1.82) is 0 Å². The molecule has 0 saturated carbocycles. The highest BCUT2D eigenvalue weighted by Gasteiger charge is 2.27. The lowest BCUT2D eigenvalue weighted by Gasteiger charge is -2.26. The number of ketones is 1. The first-order chi connectivity index (χ1) is 12.5. The highest BCUT2D eigenvalue weighted by atomic mass is 19.1. The molecule has 1 aromatic heterocycles. The molecule has 0 fully saturated rings. The predicted molar refractivity (Wildman–Crippen MR) is 101 cm³/mol. The number of nitrogens with one attached hydrogen (secondary N) is 2. The summed E-state index contributed by atoms with van der Waals surface area (Å²) in [5, 5.41) is 6.45. The maximum atomic E-state index is 13.8. The second kappa shape index (κ2) is 7.95. The molecule has 1 heterocycles. The van der Waals surface area contributed by atoms with E-state index in [-0.39, 0.29) is 17.5 Å². The van der Waals surface area contributed by atoms with Gasteiger partial charge in [-0.1, -0.05) is 31.7 Å². The third-order valence-corrected chi connectivity index (χ3v) is 4.39. The number of allylic oxidation sites excluding steroid dienone is 2. The molecule has 3 rings (SSSR count). The van der Waals surface area contributed by atoms with Crippen LogP contribution >= 0.6 is 0 Å². The van der Waals surface area contributed by atoms with Crippen molar-refractivity contribution in [3.8, 4) is 0 Å². The molecule has 1 aromatic carbocycles. The zero-order valence-corrected chi connectivity index (χ0v) is 14.8. The fourth-order valence-corrected chi connectivity index (χ4v) is 3.13. The third kappa shape index (κ3) is 4.17. The van der Waals surface area contributed by atoms with Gasteiger partial charge >= 0.3 is 0 Å². The molecule has 2 aromatic rings. The Labute approximate surface area is 152 Å². The molecule has 5 heteroatoms. The number of hydrogen-bond acceptors (Lipinski definition) is 4. The van der Waals surface area contributed by atoms with Crippen molar-refractivity contribution in [2.75, 3.05) is 5.32 Å². The van der Waals surface area contributed by atoms with Crippen LogP contribution in [0.1, 0.15) is 25.3 Å². The van der Waals surface area contributed by atoms with Gasteiger partial charge in [0, 0.05) is 41.8 Å². The molecule has 1 aliphatic carbocycles. The van der Waals surface area contributed by atoms with Crippen LogP contribution in [0.2, 0.25) is 0 Å². The van der Waals surface area contributed by atoms with Crippen LogP contribution in [0.3, 0.4) is 0 Å². The highest BCUT2D eigenvalue weighted by molar-refractivity contribution is 6.01. The van der Waals surface area contributed by atoms with Crippen molar-refractivity contribution in [1.82, 2.24) is 10.3 Å². The van der Waals surface area contributed by atoms with Gasteiger partial charge in [-0.2, -0.15) is 0 Å². The van der Waals surface area contributed by atoms with E-state index in [2.05, 4.69) is 22.2 Å². The standard InChI is InChI=1S/C21H22FN3O/c1-14-10-19(24-12-16-8-9-23-13-18(16)22)21(20(26)11-14)15(2)25-17-6-4-3-5-7-17/h3-9,13-14,24-25H,2,10-12H2,1H3. The Morgan fingerprint density at radius 1 is 1.27 bits per heavy atom. The monoisotopic (exact) mass is 351 g/mol. The van der Waals surface area contributed by atoms with Gasteiger partial charge in [0.15, 0.2) is 5.78 Å². The number of para-hydroxylation sites is 1. The van der Waals surface area contributed by atoms with Crippen LogP contribution in [-0.4, -0.2) is 10.8 Å². The van der Waals surface area contributed by atoms with Gasteiger partial charge in [-0.3, -0.25) is 9.78 Å². The fourth-order valence-electron chi connectivity index (χ4n) is 3.13. The van der Waals surface area contributed by atoms with E-state index in [9.17, 15) is 9.18 Å². The quantitative estimate of drug-likeness (QED) is 0.819. The summed E-state index contributed by atoms with van der Waals surface area (Å²) in [5.41, 5.74) is 3.32. The number of halogens is 1. The number of benzene rings is 1. The molecule has 0 aliphatic heterocycles. The Kier molecular flexibility index (Phi) is 5.46. The van der Waals surface area contributed by atoms with Gasteiger partial charge in [-0.15, -0.1) is 0 Å². The minimum Gasteiger partial charge on any atom is -0.383 e. The fraction of sp³-hybridized carbons (Fsp3) is 0.238. The summed E-state index contributed by atoms with van der Waals surface area (Å²) in [6, 6.07) is 11.2. The molecule has 0 spiro atoms. The summed E-state index contributed by atoms with van der Waals surface area (Å²) in [4.78, 5) is 16.4. The molecular weight excluding hydrogens is 329 g/mol. The Bertz CT molecular complexity index is 845. The van der Waals surface area contributed by atoms with Crippen LogP contribution in [0.25, 0.3) is 0 Å². The second-order valence-corrected chi connectivity index (χ2v) is 6.58. The van der Waals surface area contributed by atoms with E-state index in [1.807, 2.05) is 37.3 Å². The van der Waals surface area contributed by atoms with E-state index in [0.717, 1.165) is 17.8 Å². The average Bonchev–Trinajstić information content (AvgIpc) is 2.61. The molecule has 4 nitrogen and oxygen atoms in total. The molecular formula is C21H22FN3O. The van der Waals surface area contributed by atoms with E-state index in [1.54, 1.807) is 12.3 Å². The number of carbonyl (C=O) groups is 1. The molecule has 1 unspecified atom stereocenters. The van der Waals surface area contributed by atoms with Crippen LogP contribution < -0.4 is 10.6 Å². The SMILES string of the molecule is C=C(Nc1ccccc1)C1=C(NCc2ccncc2F)CC(C)CC1=O. The summed E-state index contributed by atoms with van der Waals surface area (Å²) >= 11 is 0. The van der Waals surface area contributed by atoms with Crippen molar-refractivity contribution < 1.29 is 9.18 Å². The minimum absolute atomic E-state index is 0.0508. The molecule has 0 bridgehead atoms. The van der Waals surface area contributed by atoms with E-state index >= 15 is 0 Å². The van der Waals surface area contributed by atoms with Gasteiger partial charge in [0.2, 0.25) is 0 Å². The predicted octanol–water partition coefficient (Wildman–Crippen LogP) is 4.19. The van der Waals surface area contributed by atoms with Crippen LogP contribution in [0.4, 0.5) is 10.1 Å². The third-order valence-electron chi connectivity index (χ3n) is 4.39. The van der Waals surface area contributed by atoms with Crippen molar-refractivity contribution in [3.63, 3.8) is 0 Å². The van der Waals surface area contributed by atoms with Crippen LogP contribution in [0, 0.1) is 11.7 Å². The molecule has 0 radical (unpaired) electrons. The molecule has 1 aliphatic rings. The van der Waals surface area contributed by atoms with Crippen molar-refractivity contribution in [2.24, 2.45) is 5.92 Å². The van der Waals surface area contributed by atoms with Gasteiger partial charge in [0.1, 0.15) is 5.82 Å². The lowest BCUT2D eigenvalue weighted by atomic mass is 9.86. The van der Waals surface area contributed by atoms with Gasteiger partial charge in [0.25, 0.3) is 0 Å². The Balaban J connectivity index is 1.83. The lowest BCUT2D eigenvalue weighted by Crippen LogP contribution is -2.28. The molecule has 26 heavy (non-hydrogen) atoms. The summed E-state index contributed by atoms with van der Waals surface area (Å²) < 4.78 is 13.8. The largest absolute Gasteiger partial charge is 0.383 e. The minimum atomic E-state index is -0.362. The smallest absolute Gasteiger partial charge is 0.166 e. The lowest BCUT2D eigenvalue weighted by molar-refractivity contribution is -0.116. The Morgan fingerprint density at radius 2 is 2.04 bits per heavy atom. The number of carbonyl (C=O) groups excluding carboxylic acids is 1. The molecule has 0 saturated heterocycles. The summed E-state index contributed by atoms with van der Waals surface area (Å²) in [5.74, 6) is -0.0750. The Hall–Kier alpha value is -2.95. The summed E-state index contributed by atoms with van der Waals surface area (Å²) in [6.07, 6.45) is 3.96. The zero-order chi connectivity index (χ0) is 18.5. The number of nitrogens with zero attached hydrogens (tertiary/aromatic N) is 1. The summed E-state index contributed by atoms with van der Waals surface area (Å²) in [7, 11) is 0. The van der Waals surface area contributed by atoms with E-state index in [0.29, 0.717) is 29.8 Å². The van der Waals surface area contributed by atoms with Crippen LogP contribution in [0.15, 0.2) is 72.3 Å². The maximum absolute atomic E-state index is 13.8. The van der Waals surface area contributed by atoms with Crippen molar-refractivity contribution >= 4 is 11.5 Å². The first kappa shape index (κ1) is 17.9. The van der Waals surface area contributed by atoms with Gasteiger partial charge in [-0.25, -0.2) is 4.39 Å². The van der Waals surface area contributed by atoms with Gasteiger partial charge in [0.05, 0.1) is 11.8 Å². The number of hydrogen-bond donors (Lipinski definition) is 2. The highest BCUT2D eigenvalue weighted by Crippen LogP contribution is 2.30. The first-order valence-electron chi connectivity index (χ1n) is 8.64. The molecule has 2 N–H and O–H groups in total. The van der Waals surface area contributed by atoms with Crippen LogP contribution in [-0.2, 0) is 11.3 Å². The molecule has 1 atom stereocenters. The summed E-state index contributed by atoms with van der Waals surface area (Å²) in [6.45, 7) is 6.39. The number of aromatic nitrogens is 1. The number of Topliss-reactive ketones (excluding diaryl/α,β-unsaturated/α-hetero) is 1. The number of rotatable bonds is 6. The number of pyridine rings is 1. The maximum Gasteiger partial charge on any atom is 0.166 e. The molecule has 0 amide bonds. The van der Waals surface area contributed by atoms with Crippen molar-refractivity contribution in [3.05, 3.63) is 83.7 Å². The second-order valence-electron chi connectivity index (χ2n) is 6.58. The first-order valence-corrected chi connectivity index (χ1v) is 8.64. The normalized spacial score (nSPS) is 17.2. The average molecular weight is 351 g/mol. The Morgan fingerprint density at radius 3 is 2.77 bits per heavy atom. The molecule has 134 valence electrons. The van der Waals surface area contributed by atoms with Gasteiger partial charge in [-0.05, 0) is 30.5 Å².